The zero-order chi connectivity index (χ0) is 11.1. The van der Waals surface area contributed by atoms with Gasteiger partial charge in [0, 0.05) is 18.6 Å². The maximum Gasteiger partial charge on any atom is 0.240 e. The van der Waals surface area contributed by atoms with Gasteiger partial charge in [0.15, 0.2) is 0 Å². The lowest BCUT2D eigenvalue weighted by molar-refractivity contribution is -0.149. The Hall–Kier alpha value is -0.570. The molecule has 2 saturated heterocycles. The maximum absolute atomic E-state index is 12.3. The predicted molar refractivity (Wildman–Crippen MR) is 60.7 cm³/mol. The van der Waals surface area contributed by atoms with Gasteiger partial charge in [0.2, 0.25) is 5.91 Å². The van der Waals surface area contributed by atoms with Crippen LogP contribution in [0.4, 0.5) is 0 Å². The number of carbonyl (C=O) groups is 1. The molecule has 2 fully saturated rings. The average Bonchev–Trinajstić information content (AvgIpc) is 2.16. The third kappa shape index (κ3) is 2.03. The van der Waals surface area contributed by atoms with Crippen molar-refractivity contribution in [2.24, 2.45) is 0 Å². The van der Waals surface area contributed by atoms with Gasteiger partial charge >= 0.3 is 0 Å². The second-order valence-corrected chi connectivity index (χ2v) is 5.71. The number of piperazine rings is 1. The summed E-state index contributed by atoms with van der Waals surface area (Å²) in [5.74, 6) is 0.355. The molecule has 1 unspecified atom stereocenters. The van der Waals surface area contributed by atoms with Gasteiger partial charge in [-0.3, -0.25) is 9.69 Å². The van der Waals surface area contributed by atoms with Gasteiger partial charge in [-0.05, 0) is 40.2 Å². The molecule has 15 heavy (non-hydrogen) atoms. The van der Waals surface area contributed by atoms with Gasteiger partial charge in [-0.25, -0.2) is 0 Å². The van der Waals surface area contributed by atoms with Crippen LogP contribution in [-0.4, -0.2) is 46.9 Å². The lowest BCUT2D eigenvalue weighted by atomic mass is 9.95. The molecular formula is C12H22N2O. The van der Waals surface area contributed by atoms with E-state index in [9.17, 15) is 4.79 Å². The van der Waals surface area contributed by atoms with E-state index in [1.807, 2.05) is 0 Å². The van der Waals surface area contributed by atoms with Crippen LogP contribution in [0.3, 0.4) is 0 Å². The molecule has 0 aromatic carbocycles. The Balaban J connectivity index is 2.11. The number of amides is 1. The predicted octanol–water partition coefficient (Wildman–Crippen LogP) is 1.48. The summed E-state index contributed by atoms with van der Waals surface area (Å²) in [6.45, 7) is 9.47. The van der Waals surface area contributed by atoms with Gasteiger partial charge < -0.3 is 4.90 Å². The van der Waals surface area contributed by atoms with Crippen LogP contribution < -0.4 is 0 Å². The van der Waals surface area contributed by atoms with Crippen molar-refractivity contribution in [3.63, 3.8) is 0 Å². The normalized spacial score (nSPS) is 29.1. The Kier molecular flexibility index (Phi) is 2.75. The second kappa shape index (κ2) is 3.78. The minimum absolute atomic E-state index is 0.0133. The van der Waals surface area contributed by atoms with Gasteiger partial charge in [-0.2, -0.15) is 0 Å². The van der Waals surface area contributed by atoms with Gasteiger partial charge in [-0.1, -0.05) is 6.42 Å². The monoisotopic (exact) mass is 210 g/mol. The third-order valence-electron chi connectivity index (χ3n) is 3.59. The van der Waals surface area contributed by atoms with Crippen molar-refractivity contribution in [3.8, 4) is 0 Å². The topological polar surface area (TPSA) is 23.6 Å². The largest absolute Gasteiger partial charge is 0.335 e. The van der Waals surface area contributed by atoms with Crippen LogP contribution in [0.1, 0.15) is 40.0 Å². The summed E-state index contributed by atoms with van der Waals surface area (Å²) in [6, 6.07) is 0.187. The molecule has 1 atom stereocenters. The molecule has 2 rings (SSSR count). The van der Waals surface area contributed by atoms with Gasteiger partial charge in [-0.15, -0.1) is 0 Å². The van der Waals surface area contributed by atoms with Crippen LogP contribution in [0.2, 0.25) is 0 Å². The second-order valence-electron chi connectivity index (χ2n) is 5.71. The summed E-state index contributed by atoms with van der Waals surface area (Å²) in [5.41, 5.74) is -0.0133. The summed E-state index contributed by atoms with van der Waals surface area (Å²) in [6.07, 6.45) is 3.54. The molecule has 3 nitrogen and oxygen atoms in total. The molecule has 1 amide bonds. The fourth-order valence-electron chi connectivity index (χ4n) is 2.72. The molecule has 2 aliphatic heterocycles. The number of carbonyl (C=O) groups excluding carboxylic acids is 1. The summed E-state index contributed by atoms with van der Waals surface area (Å²) < 4.78 is 0. The standard InChI is InChI=1S/C12H22N2O/c1-12(2,3)14-9-8-13-7-5-4-6-10(13)11(14)15/h10H,4-9H2,1-3H3. The van der Waals surface area contributed by atoms with E-state index >= 15 is 0 Å². The van der Waals surface area contributed by atoms with Crippen molar-refractivity contribution in [3.05, 3.63) is 0 Å². The Labute approximate surface area is 92.4 Å². The van der Waals surface area contributed by atoms with Crippen molar-refractivity contribution in [2.45, 2.75) is 51.6 Å². The van der Waals surface area contributed by atoms with Gasteiger partial charge in [0.1, 0.15) is 0 Å². The molecule has 0 spiro atoms. The van der Waals surface area contributed by atoms with E-state index in [1.54, 1.807) is 0 Å². The summed E-state index contributed by atoms with van der Waals surface area (Å²) >= 11 is 0. The van der Waals surface area contributed by atoms with E-state index in [0.717, 1.165) is 26.1 Å². The van der Waals surface area contributed by atoms with Gasteiger partial charge in [0.05, 0.1) is 6.04 Å². The number of hydrogen-bond donors (Lipinski definition) is 0. The van der Waals surface area contributed by atoms with Crippen LogP contribution in [-0.2, 0) is 4.79 Å². The SMILES string of the molecule is CC(C)(C)N1CCN2CCCCC2C1=O. The number of nitrogens with zero attached hydrogens (tertiary/aromatic N) is 2. The zero-order valence-electron chi connectivity index (χ0n) is 10.1. The quantitative estimate of drug-likeness (QED) is 0.604. The molecule has 0 aromatic rings. The Morgan fingerprint density at radius 1 is 1.13 bits per heavy atom. The number of hydrogen-bond acceptors (Lipinski definition) is 2. The van der Waals surface area contributed by atoms with Crippen molar-refractivity contribution < 1.29 is 4.79 Å². The lowest BCUT2D eigenvalue weighted by Crippen LogP contribution is -2.62. The molecule has 3 heteroatoms. The third-order valence-corrected chi connectivity index (χ3v) is 3.59. The van der Waals surface area contributed by atoms with Gasteiger partial charge in [0.25, 0.3) is 0 Å². The highest BCUT2D eigenvalue weighted by Gasteiger charge is 2.39. The molecule has 0 bridgehead atoms. The van der Waals surface area contributed by atoms with Crippen LogP contribution in [0, 0.1) is 0 Å². The molecule has 86 valence electrons. The minimum Gasteiger partial charge on any atom is -0.335 e. The highest BCUT2D eigenvalue weighted by Crippen LogP contribution is 2.26. The van der Waals surface area contributed by atoms with E-state index in [0.29, 0.717) is 5.91 Å². The lowest BCUT2D eigenvalue weighted by Gasteiger charge is -2.47. The van der Waals surface area contributed by atoms with Crippen LogP contribution in [0.15, 0.2) is 0 Å². The fourth-order valence-corrected chi connectivity index (χ4v) is 2.72. The number of rotatable bonds is 0. The summed E-state index contributed by atoms with van der Waals surface area (Å²) in [4.78, 5) is 16.7. The van der Waals surface area contributed by atoms with Crippen molar-refractivity contribution in [2.75, 3.05) is 19.6 Å². The van der Waals surface area contributed by atoms with E-state index in [1.165, 1.54) is 12.8 Å². The first kappa shape index (κ1) is 10.9. The molecule has 0 radical (unpaired) electrons. The van der Waals surface area contributed by atoms with Crippen molar-refractivity contribution in [1.82, 2.24) is 9.80 Å². The van der Waals surface area contributed by atoms with Crippen LogP contribution in [0.25, 0.3) is 0 Å². The Morgan fingerprint density at radius 2 is 1.87 bits per heavy atom. The minimum atomic E-state index is -0.0133. The average molecular weight is 210 g/mol. The first-order chi connectivity index (χ1) is 7.00. The smallest absolute Gasteiger partial charge is 0.240 e. The van der Waals surface area contributed by atoms with E-state index in [2.05, 4.69) is 30.6 Å². The van der Waals surface area contributed by atoms with Crippen molar-refractivity contribution in [1.29, 1.82) is 0 Å². The van der Waals surface area contributed by atoms with E-state index in [-0.39, 0.29) is 11.6 Å². The fraction of sp³-hybridized carbons (Fsp3) is 0.917. The van der Waals surface area contributed by atoms with E-state index in [4.69, 9.17) is 0 Å². The molecule has 0 N–H and O–H groups in total. The number of piperidine rings is 1. The molecule has 0 saturated carbocycles. The highest BCUT2D eigenvalue weighted by molar-refractivity contribution is 5.83. The first-order valence-corrected chi connectivity index (χ1v) is 6.06. The zero-order valence-corrected chi connectivity index (χ0v) is 10.1. The summed E-state index contributed by atoms with van der Waals surface area (Å²) in [5, 5.41) is 0. The highest BCUT2D eigenvalue weighted by atomic mass is 16.2. The molecule has 2 heterocycles. The summed E-state index contributed by atoms with van der Waals surface area (Å²) in [7, 11) is 0. The molecular weight excluding hydrogens is 188 g/mol. The van der Waals surface area contributed by atoms with Crippen molar-refractivity contribution >= 4 is 5.91 Å². The Morgan fingerprint density at radius 3 is 2.53 bits per heavy atom. The number of fused-ring (bicyclic) bond motifs is 1. The first-order valence-electron chi connectivity index (χ1n) is 6.06. The Bertz CT molecular complexity index is 257. The van der Waals surface area contributed by atoms with Crippen LogP contribution in [0.5, 0.6) is 0 Å². The van der Waals surface area contributed by atoms with E-state index < -0.39 is 0 Å². The maximum atomic E-state index is 12.3. The molecule has 0 aromatic heterocycles. The molecule has 0 aliphatic carbocycles. The molecule has 2 aliphatic rings. The van der Waals surface area contributed by atoms with Crippen LogP contribution >= 0.6 is 0 Å².